The van der Waals surface area contributed by atoms with E-state index in [-0.39, 0.29) is 0 Å². The van der Waals surface area contributed by atoms with Gasteiger partial charge in [-0.1, -0.05) is 33.6 Å². The van der Waals surface area contributed by atoms with Crippen LogP contribution in [0.5, 0.6) is 0 Å². The Labute approximate surface area is 95.4 Å². The van der Waals surface area contributed by atoms with Gasteiger partial charge in [-0.2, -0.15) is 0 Å². The lowest BCUT2D eigenvalue weighted by molar-refractivity contribution is 0.226. The lowest BCUT2D eigenvalue weighted by atomic mass is 10.1. The van der Waals surface area contributed by atoms with Crippen LogP contribution in [0.3, 0.4) is 0 Å². The van der Waals surface area contributed by atoms with Crippen molar-refractivity contribution >= 4 is 0 Å². The summed E-state index contributed by atoms with van der Waals surface area (Å²) in [6.07, 6.45) is 5.57. The molecule has 1 aliphatic heterocycles. The minimum absolute atomic E-state index is 0.742. The van der Waals surface area contributed by atoms with Gasteiger partial charge in [-0.05, 0) is 31.8 Å². The second-order valence-corrected chi connectivity index (χ2v) is 5.25. The van der Waals surface area contributed by atoms with Gasteiger partial charge in [0.25, 0.3) is 0 Å². The Balaban J connectivity index is 2.28. The fourth-order valence-electron chi connectivity index (χ4n) is 2.42. The van der Waals surface area contributed by atoms with E-state index in [4.69, 9.17) is 0 Å². The molecule has 0 aromatic rings. The molecule has 0 saturated carbocycles. The molecule has 0 radical (unpaired) electrons. The molecule has 1 heterocycles. The van der Waals surface area contributed by atoms with Crippen molar-refractivity contribution in [1.29, 1.82) is 0 Å². The monoisotopic (exact) mass is 212 g/mol. The van der Waals surface area contributed by atoms with Gasteiger partial charge in [0.05, 0.1) is 0 Å². The molecular weight excluding hydrogens is 184 g/mol. The molecule has 2 nitrogen and oxygen atoms in total. The molecule has 1 saturated heterocycles. The van der Waals surface area contributed by atoms with Crippen LogP contribution in [-0.4, -0.2) is 37.1 Å². The molecule has 0 amide bonds. The second-order valence-electron chi connectivity index (χ2n) is 5.25. The van der Waals surface area contributed by atoms with Crippen LogP contribution in [0.25, 0.3) is 0 Å². The molecule has 15 heavy (non-hydrogen) atoms. The highest BCUT2D eigenvalue weighted by Crippen LogP contribution is 2.10. The van der Waals surface area contributed by atoms with Gasteiger partial charge in [-0.25, -0.2) is 0 Å². The van der Waals surface area contributed by atoms with Gasteiger partial charge in [-0.3, -0.25) is 0 Å². The lowest BCUT2D eigenvalue weighted by Crippen LogP contribution is -2.41. The second kappa shape index (κ2) is 7.24. The third kappa shape index (κ3) is 5.53. The maximum atomic E-state index is 3.68. The van der Waals surface area contributed by atoms with Crippen LogP contribution in [0.2, 0.25) is 0 Å². The number of nitrogens with zero attached hydrogens (tertiary/aromatic N) is 1. The van der Waals surface area contributed by atoms with E-state index in [0.717, 1.165) is 12.0 Å². The zero-order chi connectivity index (χ0) is 11.1. The molecule has 0 bridgehead atoms. The van der Waals surface area contributed by atoms with Crippen molar-refractivity contribution in [1.82, 2.24) is 10.2 Å². The van der Waals surface area contributed by atoms with Crippen LogP contribution in [0.1, 0.15) is 46.5 Å². The van der Waals surface area contributed by atoms with E-state index in [1.54, 1.807) is 0 Å². The summed E-state index contributed by atoms with van der Waals surface area (Å²) < 4.78 is 0. The molecule has 0 aromatic heterocycles. The van der Waals surface area contributed by atoms with Gasteiger partial charge < -0.3 is 10.2 Å². The predicted octanol–water partition coefficient (Wildman–Crippen LogP) is 2.50. The summed E-state index contributed by atoms with van der Waals surface area (Å²) in [4.78, 5) is 2.59. The third-order valence-corrected chi connectivity index (χ3v) is 3.21. The molecule has 1 rings (SSSR count). The van der Waals surface area contributed by atoms with Crippen molar-refractivity contribution in [2.24, 2.45) is 5.92 Å². The van der Waals surface area contributed by atoms with Crippen molar-refractivity contribution in [2.45, 2.75) is 52.5 Å². The molecule has 0 aliphatic carbocycles. The summed E-state index contributed by atoms with van der Waals surface area (Å²) in [6, 6.07) is 0.742. The van der Waals surface area contributed by atoms with E-state index in [2.05, 4.69) is 31.0 Å². The fraction of sp³-hybridized carbons (Fsp3) is 1.00. The van der Waals surface area contributed by atoms with Crippen LogP contribution in [0.4, 0.5) is 0 Å². The van der Waals surface area contributed by atoms with Crippen LogP contribution >= 0.6 is 0 Å². The molecule has 90 valence electrons. The predicted molar refractivity (Wildman–Crippen MR) is 67.2 cm³/mol. The molecule has 2 heteroatoms. The van der Waals surface area contributed by atoms with E-state index in [9.17, 15) is 0 Å². The van der Waals surface area contributed by atoms with Gasteiger partial charge in [0.1, 0.15) is 0 Å². The lowest BCUT2D eigenvalue weighted by Gasteiger charge is -2.27. The minimum Gasteiger partial charge on any atom is -0.313 e. The summed E-state index contributed by atoms with van der Waals surface area (Å²) in [5.41, 5.74) is 0. The number of hydrogen-bond acceptors (Lipinski definition) is 2. The number of likely N-dealkylation sites (N-methyl/N-ethyl adjacent to an activating group) is 1. The summed E-state index contributed by atoms with van der Waals surface area (Å²) in [6.45, 7) is 11.8. The summed E-state index contributed by atoms with van der Waals surface area (Å²) >= 11 is 0. The smallest absolute Gasteiger partial charge is 0.0195 e. The largest absolute Gasteiger partial charge is 0.313 e. The van der Waals surface area contributed by atoms with Crippen molar-refractivity contribution in [3.8, 4) is 0 Å². The van der Waals surface area contributed by atoms with Gasteiger partial charge in [0.2, 0.25) is 0 Å². The first-order valence-corrected chi connectivity index (χ1v) is 6.68. The van der Waals surface area contributed by atoms with E-state index in [0.29, 0.717) is 0 Å². The fourth-order valence-corrected chi connectivity index (χ4v) is 2.42. The van der Waals surface area contributed by atoms with Crippen molar-refractivity contribution in [2.75, 3.05) is 26.2 Å². The van der Waals surface area contributed by atoms with Gasteiger partial charge >= 0.3 is 0 Å². The average molecular weight is 212 g/mol. The van der Waals surface area contributed by atoms with Gasteiger partial charge in [0, 0.05) is 19.1 Å². The highest BCUT2D eigenvalue weighted by Gasteiger charge is 2.15. The highest BCUT2D eigenvalue weighted by molar-refractivity contribution is 4.75. The van der Waals surface area contributed by atoms with Gasteiger partial charge in [0.15, 0.2) is 0 Å². The molecule has 0 aromatic carbocycles. The van der Waals surface area contributed by atoms with Crippen LogP contribution < -0.4 is 5.32 Å². The van der Waals surface area contributed by atoms with Crippen molar-refractivity contribution in [3.05, 3.63) is 0 Å². The Bertz CT molecular complexity index is 149. The SMILES string of the molecule is CCN(CC(C)C)CC1CCCCCN1. The molecule has 1 unspecified atom stereocenters. The summed E-state index contributed by atoms with van der Waals surface area (Å²) in [7, 11) is 0. The number of hydrogen-bond donors (Lipinski definition) is 1. The van der Waals surface area contributed by atoms with E-state index in [1.807, 2.05) is 0 Å². The van der Waals surface area contributed by atoms with Crippen molar-refractivity contribution < 1.29 is 0 Å². The molecule has 1 fully saturated rings. The maximum absolute atomic E-state index is 3.68. The Kier molecular flexibility index (Phi) is 6.26. The Hall–Kier alpha value is -0.0800. The highest BCUT2D eigenvalue weighted by atomic mass is 15.1. The van der Waals surface area contributed by atoms with Crippen molar-refractivity contribution in [3.63, 3.8) is 0 Å². The van der Waals surface area contributed by atoms with E-state index in [1.165, 1.54) is 51.9 Å². The quantitative estimate of drug-likeness (QED) is 0.753. The van der Waals surface area contributed by atoms with Crippen LogP contribution in [-0.2, 0) is 0 Å². The Morgan fingerprint density at radius 2 is 2.07 bits per heavy atom. The normalized spacial score (nSPS) is 23.4. The van der Waals surface area contributed by atoms with Crippen LogP contribution in [0.15, 0.2) is 0 Å². The first-order chi connectivity index (χ1) is 7.22. The Morgan fingerprint density at radius 1 is 1.27 bits per heavy atom. The summed E-state index contributed by atoms with van der Waals surface area (Å²) in [5.74, 6) is 0.788. The summed E-state index contributed by atoms with van der Waals surface area (Å²) in [5, 5.41) is 3.68. The molecule has 0 spiro atoms. The number of nitrogens with one attached hydrogen (secondary N) is 1. The standard InChI is InChI=1S/C13H28N2/c1-4-15(10-12(2)3)11-13-8-6-5-7-9-14-13/h12-14H,4-11H2,1-3H3. The van der Waals surface area contributed by atoms with E-state index < -0.39 is 0 Å². The molecule has 1 atom stereocenters. The topological polar surface area (TPSA) is 15.3 Å². The molecule has 1 aliphatic rings. The maximum Gasteiger partial charge on any atom is 0.0195 e. The van der Waals surface area contributed by atoms with Crippen LogP contribution in [0, 0.1) is 5.92 Å². The Morgan fingerprint density at radius 3 is 2.73 bits per heavy atom. The zero-order valence-electron chi connectivity index (χ0n) is 10.8. The minimum atomic E-state index is 0.742. The molecule has 1 N–H and O–H groups in total. The first kappa shape index (κ1) is 13.0. The first-order valence-electron chi connectivity index (χ1n) is 6.68. The third-order valence-electron chi connectivity index (χ3n) is 3.21. The van der Waals surface area contributed by atoms with E-state index >= 15 is 0 Å². The molecular formula is C13H28N2. The average Bonchev–Trinajstić information content (AvgIpc) is 2.44. The van der Waals surface area contributed by atoms with Gasteiger partial charge in [-0.15, -0.1) is 0 Å². The number of rotatable bonds is 5. The zero-order valence-corrected chi connectivity index (χ0v) is 10.8.